The van der Waals surface area contributed by atoms with E-state index in [9.17, 15) is 0 Å². The first-order chi connectivity index (χ1) is 20.3. The average molecular weight is 528 g/mol. The molecule has 41 heavy (non-hydrogen) atoms. The van der Waals surface area contributed by atoms with E-state index in [1.807, 2.05) is 36.4 Å². The van der Waals surface area contributed by atoms with Crippen LogP contribution in [-0.4, -0.2) is 0 Å². The van der Waals surface area contributed by atoms with Crippen molar-refractivity contribution in [1.29, 1.82) is 0 Å². The molecule has 1 aliphatic rings. The summed E-state index contributed by atoms with van der Waals surface area (Å²) in [6, 6.07) is 52.5. The lowest BCUT2D eigenvalue weighted by Crippen LogP contribution is -2.10. The van der Waals surface area contributed by atoms with Gasteiger partial charge in [-0.25, -0.2) is 0 Å². The number of anilines is 3. The molecule has 1 heterocycles. The zero-order valence-corrected chi connectivity index (χ0v) is 22.2. The minimum atomic E-state index is 0.678. The summed E-state index contributed by atoms with van der Waals surface area (Å²) in [5.41, 5.74) is 5.50. The van der Waals surface area contributed by atoms with E-state index in [4.69, 9.17) is 9.47 Å². The van der Waals surface area contributed by atoms with Crippen LogP contribution in [0.3, 0.4) is 0 Å². The third-order valence-corrected chi connectivity index (χ3v) is 7.69. The van der Waals surface area contributed by atoms with Gasteiger partial charge in [-0.05, 0) is 64.4 Å². The summed E-state index contributed by atoms with van der Waals surface area (Å²) in [5, 5.41) is 4.43. The molecular weight excluding hydrogens is 502 g/mol. The van der Waals surface area contributed by atoms with Crippen LogP contribution < -0.4 is 14.4 Å². The molecule has 8 rings (SSSR count). The third-order valence-electron chi connectivity index (χ3n) is 7.69. The molecule has 0 radical (unpaired) electrons. The van der Waals surface area contributed by atoms with Crippen LogP contribution in [0.4, 0.5) is 17.1 Å². The Kier molecular flexibility index (Phi) is 5.46. The fraction of sp³-hybridized carbons (Fsp3) is 0. The Labute approximate surface area is 238 Å². The molecule has 7 aromatic rings. The van der Waals surface area contributed by atoms with Gasteiger partial charge in [-0.15, -0.1) is 0 Å². The third kappa shape index (κ3) is 4.07. The minimum absolute atomic E-state index is 0.678. The molecule has 0 saturated carbocycles. The molecule has 7 aromatic carbocycles. The second kappa shape index (κ2) is 9.58. The fourth-order valence-electron chi connectivity index (χ4n) is 5.74. The molecule has 0 saturated heterocycles. The Balaban J connectivity index is 1.29. The zero-order chi connectivity index (χ0) is 27.2. The van der Waals surface area contributed by atoms with Crippen molar-refractivity contribution in [2.75, 3.05) is 4.90 Å². The fourth-order valence-corrected chi connectivity index (χ4v) is 5.74. The second-order valence-electron chi connectivity index (χ2n) is 10.2. The molecule has 0 spiro atoms. The molecule has 3 nitrogen and oxygen atoms in total. The summed E-state index contributed by atoms with van der Waals surface area (Å²) in [4.78, 5) is 2.29. The maximum atomic E-state index is 6.55. The summed E-state index contributed by atoms with van der Waals surface area (Å²) in [6.07, 6.45) is 0. The van der Waals surface area contributed by atoms with Crippen LogP contribution >= 0.6 is 0 Å². The van der Waals surface area contributed by atoms with Crippen LogP contribution in [0.25, 0.3) is 32.7 Å². The number of nitrogens with zero attached hydrogens (tertiary/aromatic N) is 1. The van der Waals surface area contributed by atoms with Crippen LogP contribution in [-0.2, 0) is 0 Å². The molecule has 0 fully saturated rings. The second-order valence-corrected chi connectivity index (χ2v) is 10.2. The van der Waals surface area contributed by atoms with Gasteiger partial charge in [-0.2, -0.15) is 0 Å². The van der Waals surface area contributed by atoms with Crippen LogP contribution in [0.1, 0.15) is 0 Å². The highest BCUT2D eigenvalue weighted by Gasteiger charge is 2.22. The molecule has 0 N–H and O–H groups in total. The number of hydrogen-bond acceptors (Lipinski definition) is 3. The molecule has 0 unspecified atom stereocenters. The Bertz CT molecular complexity index is 2040. The summed E-state index contributed by atoms with van der Waals surface area (Å²) in [6.45, 7) is 0. The number of hydrogen-bond donors (Lipinski definition) is 0. The van der Waals surface area contributed by atoms with Gasteiger partial charge >= 0.3 is 0 Å². The van der Waals surface area contributed by atoms with E-state index in [1.54, 1.807) is 0 Å². The predicted molar refractivity (Wildman–Crippen MR) is 168 cm³/mol. The van der Waals surface area contributed by atoms with Gasteiger partial charge in [0, 0.05) is 17.1 Å². The molecule has 1 aliphatic heterocycles. The van der Waals surface area contributed by atoms with Crippen molar-refractivity contribution in [2.24, 2.45) is 0 Å². The van der Waals surface area contributed by atoms with E-state index < -0.39 is 0 Å². The SMILES string of the molecule is c1ccc(-c2ccc(N(c3ccc4c(c3)Oc3cccc5cccc(c35)O4)c3cccc4ccccc34)cc2)cc1. The molecule has 0 atom stereocenters. The maximum Gasteiger partial charge on any atom is 0.172 e. The summed E-state index contributed by atoms with van der Waals surface area (Å²) in [5.74, 6) is 2.96. The Morgan fingerprint density at radius 3 is 1.80 bits per heavy atom. The van der Waals surface area contributed by atoms with E-state index in [0.29, 0.717) is 11.5 Å². The predicted octanol–water partition coefficient (Wildman–Crippen LogP) is 11.0. The van der Waals surface area contributed by atoms with Gasteiger partial charge in [0.05, 0.1) is 16.8 Å². The minimum Gasteiger partial charge on any atom is -0.453 e. The van der Waals surface area contributed by atoms with E-state index in [1.165, 1.54) is 21.9 Å². The zero-order valence-electron chi connectivity index (χ0n) is 22.2. The lowest BCUT2D eigenvalue weighted by molar-refractivity contribution is 0.439. The van der Waals surface area contributed by atoms with Gasteiger partial charge in [0.1, 0.15) is 11.5 Å². The van der Waals surface area contributed by atoms with Gasteiger partial charge in [0.2, 0.25) is 0 Å². The summed E-state index contributed by atoms with van der Waals surface area (Å²) < 4.78 is 13.0. The van der Waals surface area contributed by atoms with Gasteiger partial charge < -0.3 is 14.4 Å². The first-order valence-electron chi connectivity index (χ1n) is 13.8. The topological polar surface area (TPSA) is 21.7 Å². The first kappa shape index (κ1) is 23.4. The number of ether oxygens (including phenoxy) is 2. The van der Waals surface area contributed by atoms with Crippen LogP contribution in [0, 0.1) is 0 Å². The molecule has 0 amide bonds. The van der Waals surface area contributed by atoms with Gasteiger partial charge in [0.15, 0.2) is 11.5 Å². The smallest absolute Gasteiger partial charge is 0.172 e. The summed E-state index contributed by atoms with van der Waals surface area (Å²) >= 11 is 0. The van der Waals surface area contributed by atoms with Gasteiger partial charge in [-0.3, -0.25) is 0 Å². The molecule has 3 heteroatoms. The average Bonchev–Trinajstić information content (AvgIpc) is 3.19. The number of rotatable bonds is 4. The molecule has 0 aliphatic carbocycles. The number of fused-ring (bicyclic) bond motifs is 2. The van der Waals surface area contributed by atoms with E-state index in [-0.39, 0.29) is 0 Å². The molecule has 0 aromatic heterocycles. The molecule has 0 bridgehead atoms. The van der Waals surface area contributed by atoms with Gasteiger partial charge in [-0.1, -0.05) is 103 Å². The quantitative estimate of drug-likeness (QED) is 0.227. The lowest BCUT2D eigenvalue weighted by atomic mass is 10.0. The van der Waals surface area contributed by atoms with E-state index in [0.717, 1.165) is 39.3 Å². The van der Waals surface area contributed by atoms with Crippen molar-refractivity contribution in [1.82, 2.24) is 0 Å². The lowest BCUT2D eigenvalue weighted by Gasteiger charge is -2.27. The highest BCUT2D eigenvalue weighted by molar-refractivity contribution is 5.99. The highest BCUT2D eigenvalue weighted by Crippen LogP contribution is 2.48. The van der Waals surface area contributed by atoms with Crippen molar-refractivity contribution in [3.05, 3.63) is 152 Å². The largest absolute Gasteiger partial charge is 0.453 e. The molecule has 194 valence electrons. The number of benzene rings is 7. The highest BCUT2D eigenvalue weighted by atomic mass is 16.5. The van der Waals surface area contributed by atoms with Crippen molar-refractivity contribution in [3.63, 3.8) is 0 Å². The van der Waals surface area contributed by atoms with Crippen molar-refractivity contribution in [3.8, 4) is 34.1 Å². The first-order valence-corrected chi connectivity index (χ1v) is 13.8. The van der Waals surface area contributed by atoms with Crippen LogP contribution in [0.15, 0.2) is 152 Å². The summed E-state index contributed by atoms with van der Waals surface area (Å²) in [7, 11) is 0. The Morgan fingerprint density at radius 2 is 1.00 bits per heavy atom. The van der Waals surface area contributed by atoms with Crippen molar-refractivity contribution < 1.29 is 9.47 Å². The maximum absolute atomic E-state index is 6.55. The standard InChI is InChI=1S/C38H25NO2/c1-2-9-26(10-3-1)27-19-21-30(22-20-27)39(33-16-6-12-28-11-4-5-15-32(28)33)31-23-24-34-37(25-31)41-36-18-8-14-29-13-7-17-35(40-34)38(29)36/h1-25H. The van der Waals surface area contributed by atoms with E-state index >= 15 is 0 Å². The van der Waals surface area contributed by atoms with Gasteiger partial charge in [0.25, 0.3) is 0 Å². The monoisotopic (exact) mass is 527 g/mol. The van der Waals surface area contributed by atoms with Crippen LogP contribution in [0.5, 0.6) is 23.0 Å². The van der Waals surface area contributed by atoms with E-state index in [2.05, 4.69) is 120 Å². The normalized spacial score (nSPS) is 11.8. The van der Waals surface area contributed by atoms with Crippen molar-refractivity contribution in [2.45, 2.75) is 0 Å². The Morgan fingerprint density at radius 1 is 0.390 bits per heavy atom. The molecular formula is C38H25NO2. The Hall–Kier alpha value is -5.54. The van der Waals surface area contributed by atoms with Crippen LogP contribution in [0.2, 0.25) is 0 Å². The van der Waals surface area contributed by atoms with Crippen molar-refractivity contribution >= 4 is 38.6 Å².